The van der Waals surface area contributed by atoms with Gasteiger partial charge in [0.15, 0.2) is 0 Å². The summed E-state index contributed by atoms with van der Waals surface area (Å²) in [6.45, 7) is 0. The number of aromatic nitrogens is 3. The van der Waals surface area contributed by atoms with Crippen LogP contribution in [-0.4, -0.2) is 14.8 Å². The van der Waals surface area contributed by atoms with Crippen LogP contribution in [0.15, 0.2) is 54.6 Å². The number of anilines is 2. The molecule has 0 aliphatic carbocycles. The molecule has 0 unspecified atom stereocenters. The predicted octanol–water partition coefficient (Wildman–Crippen LogP) is 3.34. The Morgan fingerprint density at radius 2 is 1.56 bits per heavy atom. The molecule has 4 nitrogen and oxygen atoms in total. The van der Waals surface area contributed by atoms with Crippen molar-refractivity contribution in [3.63, 3.8) is 0 Å². The quantitative estimate of drug-likeness (QED) is 0.778. The monoisotopic (exact) mass is 254 g/mol. The van der Waals surface area contributed by atoms with Crippen LogP contribution in [0.3, 0.4) is 0 Å². The molecule has 1 aromatic heterocycles. The van der Waals surface area contributed by atoms with Crippen LogP contribution in [0.2, 0.25) is 0 Å². The highest BCUT2D eigenvalue weighted by molar-refractivity contribution is 7.09. The molecule has 0 radical (unpaired) electrons. The number of hydrogen-bond donors (Lipinski definition) is 1. The molecule has 3 rings (SSSR count). The molecule has 0 amide bonds. The lowest BCUT2D eigenvalue weighted by atomic mass is 10.1. The van der Waals surface area contributed by atoms with Gasteiger partial charge in [0.1, 0.15) is 0 Å². The van der Waals surface area contributed by atoms with Crippen molar-refractivity contribution in [2.75, 3.05) is 5.32 Å². The third-order valence-electron chi connectivity index (χ3n) is 2.54. The van der Waals surface area contributed by atoms with Gasteiger partial charge in [-0.15, -0.1) is 0 Å². The SMILES string of the molecule is c1ccc(-c2ccc(Nc3nnns3)cc2)cc1. The smallest absolute Gasteiger partial charge is 0.229 e. The number of hydrogen-bond acceptors (Lipinski definition) is 5. The van der Waals surface area contributed by atoms with E-state index in [4.69, 9.17) is 0 Å². The maximum Gasteiger partial charge on any atom is 0.229 e. The fraction of sp³-hybridized carbons (Fsp3) is 0. The van der Waals surface area contributed by atoms with E-state index >= 15 is 0 Å². The Morgan fingerprint density at radius 1 is 0.833 bits per heavy atom. The molecule has 88 valence electrons. The second kappa shape index (κ2) is 4.93. The maximum absolute atomic E-state index is 3.84. The Hall–Kier alpha value is -2.27. The number of benzene rings is 2. The highest BCUT2D eigenvalue weighted by Gasteiger charge is 2.00. The summed E-state index contributed by atoms with van der Waals surface area (Å²) in [5, 5.41) is 11.2. The second-order valence-corrected chi connectivity index (χ2v) is 4.47. The van der Waals surface area contributed by atoms with Crippen molar-refractivity contribution < 1.29 is 0 Å². The summed E-state index contributed by atoms with van der Waals surface area (Å²) in [7, 11) is 0. The standard InChI is InChI=1S/C13H10N4S/c1-2-4-10(5-3-1)11-6-8-12(9-7-11)14-13-15-16-17-18-13/h1-9H,(H,14,15,17). The molecule has 1 N–H and O–H groups in total. The van der Waals surface area contributed by atoms with Crippen molar-refractivity contribution in [1.29, 1.82) is 0 Å². The average Bonchev–Trinajstić information content (AvgIpc) is 2.94. The molecule has 0 bridgehead atoms. The zero-order valence-corrected chi connectivity index (χ0v) is 10.3. The third-order valence-corrected chi connectivity index (χ3v) is 3.05. The number of nitrogens with zero attached hydrogens (tertiary/aromatic N) is 3. The van der Waals surface area contributed by atoms with Gasteiger partial charge in [-0.05, 0) is 28.5 Å². The molecule has 3 aromatic rings. The summed E-state index contributed by atoms with van der Waals surface area (Å²) in [6.07, 6.45) is 0. The van der Waals surface area contributed by atoms with E-state index in [0.717, 1.165) is 5.69 Å². The minimum atomic E-state index is 0.697. The van der Waals surface area contributed by atoms with Crippen molar-refractivity contribution in [2.24, 2.45) is 0 Å². The molecule has 0 saturated carbocycles. The largest absolute Gasteiger partial charge is 0.329 e. The molecule has 0 fully saturated rings. The van der Waals surface area contributed by atoms with E-state index in [0.29, 0.717) is 5.13 Å². The molecule has 0 aliphatic rings. The van der Waals surface area contributed by atoms with Gasteiger partial charge in [0, 0.05) is 17.2 Å². The zero-order chi connectivity index (χ0) is 12.2. The topological polar surface area (TPSA) is 50.7 Å². The van der Waals surface area contributed by atoms with Crippen molar-refractivity contribution in [2.45, 2.75) is 0 Å². The number of rotatable bonds is 3. The van der Waals surface area contributed by atoms with Crippen molar-refractivity contribution in [3.05, 3.63) is 54.6 Å². The second-order valence-electron chi connectivity index (χ2n) is 3.74. The molecule has 0 atom stereocenters. The van der Waals surface area contributed by atoms with E-state index in [1.54, 1.807) is 0 Å². The number of nitrogens with one attached hydrogen (secondary N) is 1. The highest BCUT2D eigenvalue weighted by Crippen LogP contribution is 2.22. The summed E-state index contributed by atoms with van der Waals surface area (Å²) in [5.74, 6) is 0. The van der Waals surface area contributed by atoms with Crippen molar-refractivity contribution >= 4 is 22.4 Å². The molecule has 18 heavy (non-hydrogen) atoms. The molecule has 2 aromatic carbocycles. The summed E-state index contributed by atoms with van der Waals surface area (Å²) >= 11 is 1.24. The van der Waals surface area contributed by atoms with Crippen molar-refractivity contribution in [3.8, 4) is 11.1 Å². The zero-order valence-electron chi connectivity index (χ0n) is 9.45. The van der Waals surface area contributed by atoms with Crippen LogP contribution >= 0.6 is 11.5 Å². The first-order valence-corrected chi connectivity index (χ1v) is 6.27. The van der Waals surface area contributed by atoms with E-state index in [-0.39, 0.29) is 0 Å². The van der Waals surface area contributed by atoms with Crippen LogP contribution in [0.5, 0.6) is 0 Å². The lowest BCUT2D eigenvalue weighted by Gasteiger charge is -2.04. The van der Waals surface area contributed by atoms with Gasteiger partial charge in [-0.1, -0.05) is 52.1 Å². The van der Waals surface area contributed by atoms with Gasteiger partial charge in [-0.3, -0.25) is 0 Å². The first-order chi connectivity index (χ1) is 8.92. The summed E-state index contributed by atoms with van der Waals surface area (Å²) < 4.78 is 3.70. The molecule has 5 heteroatoms. The van der Waals surface area contributed by atoms with Gasteiger partial charge < -0.3 is 5.32 Å². The van der Waals surface area contributed by atoms with Gasteiger partial charge in [0.2, 0.25) is 5.13 Å². The van der Waals surface area contributed by atoms with E-state index in [1.165, 1.54) is 22.7 Å². The normalized spacial score (nSPS) is 10.2. The molecule has 0 aliphatic heterocycles. The lowest BCUT2D eigenvalue weighted by Crippen LogP contribution is -1.89. The molecule has 1 heterocycles. The van der Waals surface area contributed by atoms with Gasteiger partial charge >= 0.3 is 0 Å². The first kappa shape index (κ1) is 10.9. The van der Waals surface area contributed by atoms with Crippen LogP contribution in [0.1, 0.15) is 0 Å². The predicted molar refractivity (Wildman–Crippen MR) is 72.9 cm³/mol. The van der Waals surface area contributed by atoms with Crippen LogP contribution in [-0.2, 0) is 0 Å². The minimum Gasteiger partial charge on any atom is -0.329 e. The lowest BCUT2D eigenvalue weighted by molar-refractivity contribution is 0.961. The van der Waals surface area contributed by atoms with Crippen LogP contribution in [0.4, 0.5) is 10.8 Å². The molecule has 0 spiro atoms. The maximum atomic E-state index is 3.84. The molecule has 0 saturated heterocycles. The minimum absolute atomic E-state index is 0.697. The first-order valence-electron chi connectivity index (χ1n) is 5.49. The summed E-state index contributed by atoms with van der Waals surface area (Å²) in [5.41, 5.74) is 3.38. The summed E-state index contributed by atoms with van der Waals surface area (Å²) in [6, 6.07) is 18.5. The van der Waals surface area contributed by atoms with Gasteiger partial charge in [-0.2, -0.15) is 0 Å². The van der Waals surface area contributed by atoms with Gasteiger partial charge in [0.25, 0.3) is 0 Å². The van der Waals surface area contributed by atoms with Crippen LogP contribution < -0.4 is 5.32 Å². The van der Waals surface area contributed by atoms with E-state index in [9.17, 15) is 0 Å². The van der Waals surface area contributed by atoms with E-state index < -0.39 is 0 Å². The van der Waals surface area contributed by atoms with Gasteiger partial charge in [-0.25, -0.2) is 0 Å². The Morgan fingerprint density at radius 3 is 2.22 bits per heavy atom. The highest BCUT2D eigenvalue weighted by atomic mass is 32.1. The fourth-order valence-corrected chi connectivity index (χ4v) is 2.07. The fourth-order valence-electron chi connectivity index (χ4n) is 1.68. The Balaban J connectivity index is 1.81. The van der Waals surface area contributed by atoms with Crippen LogP contribution in [0, 0.1) is 0 Å². The Kier molecular flexibility index (Phi) is 2.97. The van der Waals surface area contributed by atoms with E-state index in [1.807, 2.05) is 30.3 Å². The molecular weight excluding hydrogens is 244 g/mol. The Labute approximate surface area is 108 Å². The van der Waals surface area contributed by atoms with Crippen LogP contribution in [0.25, 0.3) is 11.1 Å². The summed E-state index contributed by atoms with van der Waals surface area (Å²) in [4.78, 5) is 0. The molecular formula is C13H10N4S. The van der Waals surface area contributed by atoms with Crippen molar-refractivity contribution in [1.82, 2.24) is 14.8 Å². The van der Waals surface area contributed by atoms with E-state index in [2.05, 4.69) is 44.4 Å². The third kappa shape index (κ3) is 2.36. The Bertz CT molecular complexity index is 605. The van der Waals surface area contributed by atoms with Gasteiger partial charge in [0.05, 0.1) is 0 Å². The average molecular weight is 254 g/mol.